The molecule has 4 N–H and O–H groups in total. The molecular weight excluding hydrogens is 294 g/mol. The molecular formula is C12H15N5O5. The van der Waals surface area contributed by atoms with Crippen molar-refractivity contribution in [3.8, 4) is 0 Å². The van der Waals surface area contributed by atoms with E-state index in [0.29, 0.717) is 5.65 Å². The van der Waals surface area contributed by atoms with Crippen molar-refractivity contribution >= 4 is 17.1 Å². The van der Waals surface area contributed by atoms with E-state index in [1.165, 1.54) is 6.33 Å². The van der Waals surface area contributed by atoms with Crippen LogP contribution in [0.1, 0.15) is 18.9 Å². The highest BCUT2D eigenvalue weighted by Gasteiger charge is 2.36. The van der Waals surface area contributed by atoms with Gasteiger partial charge in [0, 0.05) is 6.42 Å². The molecule has 0 radical (unpaired) electrons. The summed E-state index contributed by atoms with van der Waals surface area (Å²) in [4.78, 5) is 20.7. The molecule has 1 unspecified atom stereocenters. The predicted octanol–water partition coefficient (Wildman–Crippen LogP) is -1.85. The molecule has 0 aromatic carbocycles. The molecule has 2 aliphatic rings. The van der Waals surface area contributed by atoms with Crippen molar-refractivity contribution in [2.75, 3.05) is 18.5 Å². The fourth-order valence-corrected chi connectivity index (χ4v) is 2.92. The number of aliphatic hydroxyl groups is 3. The van der Waals surface area contributed by atoms with Crippen molar-refractivity contribution in [3.05, 3.63) is 16.7 Å². The van der Waals surface area contributed by atoms with Crippen LogP contribution < -0.4 is 10.9 Å². The van der Waals surface area contributed by atoms with Crippen LogP contribution in [0, 0.1) is 0 Å². The van der Waals surface area contributed by atoms with Crippen molar-refractivity contribution in [1.82, 2.24) is 19.1 Å². The first-order valence-electron chi connectivity index (χ1n) is 6.95. The number of fused-ring (bicyclic) bond motifs is 2. The maximum Gasteiger partial charge on any atom is 0.285 e. The number of aromatic nitrogens is 4. The summed E-state index contributed by atoms with van der Waals surface area (Å²) in [6.45, 7) is -0.0798. The lowest BCUT2D eigenvalue weighted by Crippen LogP contribution is -2.24. The molecule has 0 aliphatic carbocycles. The van der Waals surface area contributed by atoms with Gasteiger partial charge in [0.1, 0.15) is 12.3 Å². The lowest BCUT2D eigenvalue weighted by Gasteiger charge is -2.14. The van der Waals surface area contributed by atoms with Gasteiger partial charge >= 0.3 is 0 Å². The Balaban J connectivity index is 1.82. The Bertz CT molecular complexity index is 786. The molecule has 2 aromatic rings. The van der Waals surface area contributed by atoms with Crippen LogP contribution in [0.5, 0.6) is 0 Å². The Morgan fingerprint density at radius 2 is 2.27 bits per heavy atom. The van der Waals surface area contributed by atoms with Crippen molar-refractivity contribution in [2.24, 2.45) is 0 Å². The van der Waals surface area contributed by atoms with Crippen molar-refractivity contribution in [1.29, 1.82) is 0 Å². The van der Waals surface area contributed by atoms with Gasteiger partial charge in [-0.05, 0) is 0 Å². The molecule has 0 bridgehead atoms. The van der Waals surface area contributed by atoms with Gasteiger partial charge in [-0.15, -0.1) is 0 Å². The minimum atomic E-state index is -0.965. The van der Waals surface area contributed by atoms with Crippen LogP contribution in [0.3, 0.4) is 0 Å². The molecule has 10 nitrogen and oxygen atoms in total. The first kappa shape index (κ1) is 13.6. The van der Waals surface area contributed by atoms with E-state index in [9.17, 15) is 15.0 Å². The number of aliphatic hydroxyl groups excluding tert-OH is 3. The fourth-order valence-electron chi connectivity index (χ4n) is 2.92. The number of β-amino-alcohol motifs (C(OH)–C–C–N with tert-alkyl or cyclic N) is 1. The summed E-state index contributed by atoms with van der Waals surface area (Å²) in [5.41, 5.74) is -0.000758. The average Bonchev–Trinajstić information content (AvgIpc) is 3.17. The molecule has 0 amide bonds. The van der Waals surface area contributed by atoms with E-state index < -0.39 is 30.2 Å². The van der Waals surface area contributed by atoms with Crippen molar-refractivity contribution < 1.29 is 20.1 Å². The standard InChI is InChI=1S/C12H15N5O5/c18-3-6-5(19)1-8(22-6)16-4-14-9-10(16)15-12-13-2-7(20)17(12)11(9)21/h4-8,18-20H,1-3H2,(H,13,15)/t5-,6+,7?,8+/m0/s1. The van der Waals surface area contributed by atoms with Crippen molar-refractivity contribution in [2.45, 2.75) is 31.1 Å². The largest absolute Gasteiger partial charge is 0.394 e. The zero-order valence-corrected chi connectivity index (χ0v) is 11.5. The predicted molar refractivity (Wildman–Crippen MR) is 73.2 cm³/mol. The maximum atomic E-state index is 12.4. The van der Waals surface area contributed by atoms with E-state index in [0.717, 1.165) is 4.57 Å². The highest BCUT2D eigenvalue weighted by Crippen LogP contribution is 2.30. The number of nitrogens with zero attached hydrogens (tertiary/aromatic N) is 4. The van der Waals surface area contributed by atoms with Gasteiger partial charge in [-0.1, -0.05) is 0 Å². The lowest BCUT2D eigenvalue weighted by atomic mass is 10.2. The zero-order chi connectivity index (χ0) is 15.4. The Kier molecular flexibility index (Phi) is 2.94. The number of imidazole rings is 1. The summed E-state index contributed by atoms with van der Waals surface area (Å²) in [5.74, 6) is 0.268. The van der Waals surface area contributed by atoms with E-state index in [1.807, 2.05) is 0 Å². The van der Waals surface area contributed by atoms with Crippen LogP contribution in [0.15, 0.2) is 11.1 Å². The topological polar surface area (TPSA) is 135 Å². The van der Waals surface area contributed by atoms with Gasteiger partial charge in [0.05, 0.1) is 25.6 Å². The molecule has 10 heteroatoms. The first-order chi connectivity index (χ1) is 10.6. The Hall–Kier alpha value is -2.01. The van der Waals surface area contributed by atoms with Crippen LogP contribution in [-0.2, 0) is 4.74 Å². The summed E-state index contributed by atoms with van der Waals surface area (Å²) in [6, 6.07) is 0. The molecule has 4 rings (SSSR count). The molecule has 2 aromatic heterocycles. The number of nitrogens with one attached hydrogen (secondary N) is 1. The summed E-state index contributed by atoms with van der Waals surface area (Å²) in [7, 11) is 0. The second-order valence-electron chi connectivity index (χ2n) is 5.41. The number of hydrogen-bond acceptors (Lipinski definition) is 8. The van der Waals surface area contributed by atoms with E-state index in [1.54, 1.807) is 4.57 Å². The van der Waals surface area contributed by atoms with Gasteiger partial charge in [-0.2, -0.15) is 4.98 Å². The van der Waals surface area contributed by atoms with E-state index >= 15 is 0 Å². The minimum absolute atomic E-state index is 0.122. The SMILES string of the molecule is O=c1c2ncn([C@H]3C[C@H](O)[C@@H](CO)O3)c2nc2n1C(O)CN2. The van der Waals surface area contributed by atoms with Crippen molar-refractivity contribution in [3.63, 3.8) is 0 Å². The highest BCUT2D eigenvalue weighted by molar-refractivity contribution is 5.71. The van der Waals surface area contributed by atoms with Crippen LogP contribution in [0.25, 0.3) is 11.2 Å². The van der Waals surface area contributed by atoms with Gasteiger partial charge < -0.3 is 25.4 Å². The van der Waals surface area contributed by atoms with Gasteiger partial charge in [0.15, 0.2) is 17.4 Å². The minimum Gasteiger partial charge on any atom is -0.394 e. The second-order valence-corrected chi connectivity index (χ2v) is 5.41. The van der Waals surface area contributed by atoms with Crippen LogP contribution in [0.2, 0.25) is 0 Å². The summed E-state index contributed by atoms with van der Waals surface area (Å²) in [6.07, 6.45) is -1.29. The zero-order valence-electron chi connectivity index (χ0n) is 11.5. The third-order valence-electron chi connectivity index (χ3n) is 4.06. The summed E-state index contributed by atoms with van der Waals surface area (Å²) in [5, 5.41) is 31.6. The lowest BCUT2D eigenvalue weighted by molar-refractivity contribution is -0.0432. The van der Waals surface area contributed by atoms with Crippen LogP contribution >= 0.6 is 0 Å². The number of hydrogen-bond donors (Lipinski definition) is 4. The van der Waals surface area contributed by atoms with Gasteiger partial charge in [-0.25, -0.2) is 9.55 Å². The Morgan fingerprint density at radius 1 is 1.45 bits per heavy atom. The first-order valence-corrected chi connectivity index (χ1v) is 6.95. The van der Waals surface area contributed by atoms with E-state index in [-0.39, 0.29) is 31.0 Å². The molecule has 1 saturated heterocycles. The third kappa shape index (κ3) is 1.78. The quantitative estimate of drug-likeness (QED) is 0.508. The summed E-state index contributed by atoms with van der Waals surface area (Å²) < 4.78 is 8.27. The molecule has 0 spiro atoms. The smallest absolute Gasteiger partial charge is 0.285 e. The van der Waals surface area contributed by atoms with Gasteiger partial charge in [-0.3, -0.25) is 9.36 Å². The van der Waals surface area contributed by atoms with Gasteiger partial charge in [0.2, 0.25) is 5.95 Å². The molecule has 2 aliphatic heterocycles. The molecule has 4 atom stereocenters. The Morgan fingerprint density at radius 3 is 3.00 bits per heavy atom. The van der Waals surface area contributed by atoms with Crippen LogP contribution in [-0.4, -0.2) is 59.8 Å². The average molecular weight is 309 g/mol. The number of anilines is 1. The van der Waals surface area contributed by atoms with E-state index in [4.69, 9.17) is 9.84 Å². The molecule has 1 fully saturated rings. The van der Waals surface area contributed by atoms with Gasteiger partial charge in [0.25, 0.3) is 5.56 Å². The fraction of sp³-hybridized carbons (Fsp3) is 0.583. The second kappa shape index (κ2) is 4.74. The number of rotatable bonds is 2. The molecule has 0 saturated carbocycles. The highest BCUT2D eigenvalue weighted by atomic mass is 16.5. The number of ether oxygens (including phenoxy) is 1. The van der Waals surface area contributed by atoms with Crippen LogP contribution in [0.4, 0.5) is 5.95 Å². The Labute approximate surface area is 123 Å². The monoisotopic (exact) mass is 309 g/mol. The van der Waals surface area contributed by atoms with E-state index in [2.05, 4.69) is 15.3 Å². The molecule has 118 valence electrons. The maximum absolute atomic E-state index is 12.4. The third-order valence-corrected chi connectivity index (χ3v) is 4.06. The molecule has 4 heterocycles. The normalized spacial score (nSPS) is 30.7. The summed E-state index contributed by atoms with van der Waals surface area (Å²) >= 11 is 0. The molecule has 22 heavy (non-hydrogen) atoms.